The Morgan fingerprint density at radius 2 is 1.78 bits per heavy atom. The number of carbonyl (C=O) groups is 1. The first-order valence-corrected chi connectivity index (χ1v) is 10.6. The van der Waals surface area contributed by atoms with Gasteiger partial charge in [-0.25, -0.2) is 0 Å². The summed E-state index contributed by atoms with van der Waals surface area (Å²) in [5, 5.41) is 0. The summed E-state index contributed by atoms with van der Waals surface area (Å²) >= 11 is 0. The van der Waals surface area contributed by atoms with Gasteiger partial charge in [-0.15, -0.1) is 0 Å². The second kappa shape index (κ2) is 9.26. The second-order valence-electron chi connectivity index (χ2n) is 8.00. The first-order chi connectivity index (χ1) is 15.5. The first kappa shape index (κ1) is 21.6. The Bertz CT molecular complexity index is 1170. The highest BCUT2D eigenvalue weighted by Crippen LogP contribution is 2.29. The van der Waals surface area contributed by atoms with Crippen LogP contribution in [0.4, 0.5) is 0 Å². The Morgan fingerprint density at radius 3 is 2.47 bits per heavy atom. The Balaban J connectivity index is 1.47. The van der Waals surface area contributed by atoms with Crippen molar-refractivity contribution < 1.29 is 14.3 Å². The molecule has 0 saturated carbocycles. The van der Waals surface area contributed by atoms with Crippen molar-refractivity contribution in [3.8, 4) is 11.5 Å². The molecule has 0 N–H and O–H groups in total. The average Bonchev–Trinajstić information content (AvgIpc) is 2.78. The van der Waals surface area contributed by atoms with Crippen LogP contribution >= 0.6 is 0 Å². The summed E-state index contributed by atoms with van der Waals surface area (Å²) < 4.78 is 12.2. The zero-order chi connectivity index (χ0) is 22.7. The van der Waals surface area contributed by atoms with Crippen molar-refractivity contribution in [2.75, 3.05) is 27.3 Å². The Kier molecular flexibility index (Phi) is 6.25. The molecule has 1 fully saturated rings. The Morgan fingerprint density at radius 1 is 1.06 bits per heavy atom. The van der Waals surface area contributed by atoms with Crippen LogP contribution in [0.5, 0.6) is 11.5 Å². The molecule has 0 aliphatic carbocycles. The summed E-state index contributed by atoms with van der Waals surface area (Å²) in [6, 6.07) is 11.5. The number of methoxy groups -OCH3 is 2. The number of likely N-dealkylation sites (tertiary alicyclic amines) is 1. The fourth-order valence-electron chi connectivity index (χ4n) is 4.04. The van der Waals surface area contributed by atoms with Gasteiger partial charge in [-0.1, -0.05) is 6.07 Å². The molecule has 0 radical (unpaired) electrons. The molecule has 1 amide bonds. The summed E-state index contributed by atoms with van der Waals surface area (Å²) in [5.41, 5.74) is 2.90. The van der Waals surface area contributed by atoms with E-state index in [1.165, 1.54) is 5.56 Å². The molecular formula is C25H27N3O4. The number of aryl methyl sites for hydroxylation is 3. The number of amides is 1. The lowest BCUT2D eigenvalue weighted by molar-refractivity contribution is 0.0599. The van der Waals surface area contributed by atoms with E-state index in [0.29, 0.717) is 49.0 Å². The lowest BCUT2D eigenvalue weighted by atomic mass is 9.91. The topological polar surface area (TPSA) is 73.7 Å². The third-order valence-electron chi connectivity index (χ3n) is 6.02. The number of nitrogens with zero attached hydrogens (tertiary/aromatic N) is 3. The maximum Gasteiger partial charge on any atom is 0.263 e. The van der Waals surface area contributed by atoms with Crippen LogP contribution in [0, 0.1) is 6.92 Å². The molecule has 0 bridgehead atoms. The summed E-state index contributed by atoms with van der Waals surface area (Å²) in [5.74, 6) is 1.41. The van der Waals surface area contributed by atoms with Gasteiger partial charge in [0.1, 0.15) is 5.56 Å². The van der Waals surface area contributed by atoms with Gasteiger partial charge in [-0.05, 0) is 60.4 Å². The second-order valence-corrected chi connectivity index (χ2v) is 8.00. The normalized spacial score (nSPS) is 13.5. The Hall–Kier alpha value is -3.61. The molecule has 1 saturated heterocycles. The van der Waals surface area contributed by atoms with Crippen LogP contribution in [-0.4, -0.2) is 47.7 Å². The van der Waals surface area contributed by atoms with Crippen molar-refractivity contribution in [2.24, 2.45) is 0 Å². The highest BCUT2D eigenvalue weighted by molar-refractivity contribution is 5.95. The van der Waals surface area contributed by atoms with Crippen LogP contribution in [0.1, 0.15) is 33.0 Å². The minimum absolute atomic E-state index is 0.196. The zero-order valence-electron chi connectivity index (χ0n) is 18.6. The molecule has 4 rings (SSSR count). The van der Waals surface area contributed by atoms with E-state index in [1.807, 2.05) is 43.3 Å². The molecule has 1 aliphatic heterocycles. The van der Waals surface area contributed by atoms with Gasteiger partial charge in [0.2, 0.25) is 0 Å². The van der Waals surface area contributed by atoms with Crippen molar-refractivity contribution in [2.45, 2.75) is 25.8 Å². The van der Waals surface area contributed by atoms with Crippen LogP contribution < -0.4 is 15.0 Å². The summed E-state index contributed by atoms with van der Waals surface area (Å²) in [6.07, 6.45) is 5.91. The van der Waals surface area contributed by atoms with Gasteiger partial charge in [0, 0.05) is 44.1 Å². The smallest absolute Gasteiger partial charge is 0.263 e. The molecular weight excluding hydrogens is 406 g/mol. The van der Waals surface area contributed by atoms with E-state index >= 15 is 0 Å². The molecule has 0 spiro atoms. The van der Waals surface area contributed by atoms with Gasteiger partial charge < -0.3 is 18.9 Å². The fourth-order valence-corrected chi connectivity index (χ4v) is 4.04. The summed E-state index contributed by atoms with van der Waals surface area (Å²) in [4.78, 5) is 32.0. The molecule has 32 heavy (non-hydrogen) atoms. The van der Waals surface area contributed by atoms with Gasteiger partial charge in [-0.2, -0.15) is 0 Å². The van der Waals surface area contributed by atoms with E-state index in [-0.39, 0.29) is 17.0 Å². The molecule has 7 heteroatoms. The van der Waals surface area contributed by atoms with Crippen LogP contribution in [0.3, 0.4) is 0 Å². The fraction of sp³-hybridized carbons (Fsp3) is 0.320. The number of rotatable bonds is 7. The van der Waals surface area contributed by atoms with Crippen LogP contribution in [0.2, 0.25) is 0 Å². The molecule has 2 aromatic heterocycles. The van der Waals surface area contributed by atoms with Crippen LogP contribution in [0.15, 0.2) is 59.8 Å². The van der Waals surface area contributed by atoms with Gasteiger partial charge in [0.05, 0.1) is 14.2 Å². The van der Waals surface area contributed by atoms with E-state index in [2.05, 4.69) is 4.98 Å². The molecule has 0 atom stereocenters. The van der Waals surface area contributed by atoms with Gasteiger partial charge in [0.15, 0.2) is 11.5 Å². The summed E-state index contributed by atoms with van der Waals surface area (Å²) in [7, 11) is 3.19. The zero-order valence-corrected chi connectivity index (χ0v) is 18.6. The quantitative estimate of drug-likeness (QED) is 0.573. The van der Waals surface area contributed by atoms with Crippen molar-refractivity contribution >= 4 is 5.91 Å². The van der Waals surface area contributed by atoms with Crippen LogP contribution in [-0.2, 0) is 13.0 Å². The molecule has 1 aliphatic rings. The van der Waals surface area contributed by atoms with Gasteiger partial charge >= 0.3 is 0 Å². The van der Waals surface area contributed by atoms with Crippen molar-refractivity contribution in [3.63, 3.8) is 0 Å². The van der Waals surface area contributed by atoms with Gasteiger partial charge in [0.25, 0.3) is 11.5 Å². The third-order valence-corrected chi connectivity index (χ3v) is 6.02. The van der Waals surface area contributed by atoms with E-state index in [9.17, 15) is 9.59 Å². The van der Waals surface area contributed by atoms with Crippen molar-refractivity contribution in [1.29, 1.82) is 0 Å². The number of pyridine rings is 2. The minimum Gasteiger partial charge on any atom is -0.493 e. The Labute approximate surface area is 187 Å². The largest absolute Gasteiger partial charge is 0.493 e. The molecule has 1 aromatic carbocycles. The SMILES string of the molecule is COc1ccc(CCn2ccc(C)c(C(=O)N3CC(c4ccncc4)C3)c2=O)cc1OC. The number of hydrogen-bond acceptors (Lipinski definition) is 5. The van der Waals surface area contributed by atoms with E-state index in [4.69, 9.17) is 9.47 Å². The minimum atomic E-state index is -0.247. The molecule has 3 aromatic rings. The number of hydrogen-bond donors (Lipinski definition) is 0. The lowest BCUT2D eigenvalue weighted by Crippen LogP contribution is -2.50. The standard InChI is InChI=1S/C25H27N3O4/c1-17-8-12-27(13-9-18-4-5-21(31-2)22(14-18)32-3)24(29)23(17)25(30)28-15-20(16-28)19-6-10-26-11-7-19/h4-8,10-12,14,20H,9,13,15-16H2,1-3H3. The predicted molar refractivity (Wildman–Crippen MR) is 122 cm³/mol. The lowest BCUT2D eigenvalue weighted by Gasteiger charge is -2.39. The number of carbonyl (C=O) groups excluding carboxylic acids is 1. The highest BCUT2D eigenvalue weighted by atomic mass is 16.5. The molecule has 7 nitrogen and oxygen atoms in total. The van der Waals surface area contributed by atoms with E-state index < -0.39 is 0 Å². The number of ether oxygens (including phenoxy) is 2. The summed E-state index contributed by atoms with van der Waals surface area (Å²) in [6.45, 7) is 3.51. The molecule has 166 valence electrons. The molecule has 0 unspecified atom stereocenters. The van der Waals surface area contributed by atoms with Crippen LogP contribution in [0.25, 0.3) is 0 Å². The maximum absolute atomic E-state index is 13.1. The average molecular weight is 434 g/mol. The predicted octanol–water partition coefficient (Wildman–Crippen LogP) is 3.05. The molecule has 3 heterocycles. The van der Waals surface area contributed by atoms with E-state index in [0.717, 1.165) is 5.56 Å². The van der Waals surface area contributed by atoms with E-state index in [1.54, 1.807) is 42.3 Å². The van der Waals surface area contributed by atoms with Gasteiger partial charge in [-0.3, -0.25) is 14.6 Å². The third kappa shape index (κ3) is 4.23. The monoisotopic (exact) mass is 433 g/mol. The number of benzene rings is 1. The van der Waals surface area contributed by atoms with Crippen molar-refractivity contribution in [1.82, 2.24) is 14.5 Å². The number of aromatic nitrogens is 2. The maximum atomic E-state index is 13.1. The first-order valence-electron chi connectivity index (χ1n) is 10.6. The van der Waals surface area contributed by atoms with Crippen molar-refractivity contribution in [3.05, 3.63) is 87.6 Å². The highest BCUT2D eigenvalue weighted by Gasteiger charge is 2.34.